The number of carbonyl (C=O) groups excluding carboxylic acids is 1. The molecule has 1 atom stereocenters. The maximum absolute atomic E-state index is 13.3. The maximum atomic E-state index is 13.3. The highest BCUT2D eigenvalue weighted by atomic mass is 16.5. The molecule has 206 valence electrons. The van der Waals surface area contributed by atoms with Crippen LogP contribution in [0.2, 0.25) is 0 Å². The molecule has 2 saturated carbocycles. The van der Waals surface area contributed by atoms with Gasteiger partial charge in [0.1, 0.15) is 23.2 Å². The van der Waals surface area contributed by atoms with Crippen LogP contribution in [0, 0.1) is 11.8 Å². The summed E-state index contributed by atoms with van der Waals surface area (Å²) in [6.07, 6.45) is 9.26. The summed E-state index contributed by atoms with van der Waals surface area (Å²) in [6.45, 7) is 6.57. The van der Waals surface area contributed by atoms with E-state index in [1.807, 2.05) is 30.3 Å². The molecule has 1 heterocycles. The number of nitrogens with zero attached hydrogens (tertiary/aromatic N) is 1. The monoisotopic (exact) mass is 528 g/mol. The van der Waals surface area contributed by atoms with E-state index in [1.165, 1.54) is 31.2 Å². The van der Waals surface area contributed by atoms with Gasteiger partial charge in [0, 0.05) is 11.1 Å². The van der Waals surface area contributed by atoms with Crippen LogP contribution in [0.1, 0.15) is 93.9 Å². The highest BCUT2D eigenvalue weighted by Gasteiger charge is 2.32. The Balaban J connectivity index is 1.43. The Labute approximate surface area is 231 Å². The Morgan fingerprint density at radius 1 is 0.949 bits per heavy atom. The number of fused-ring (bicyclic) bond motifs is 1. The van der Waals surface area contributed by atoms with Gasteiger partial charge in [-0.3, -0.25) is 4.79 Å². The number of hydrogen-bond acceptors (Lipinski definition) is 4. The second-order valence-electron chi connectivity index (χ2n) is 12.4. The lowest BCUT2D eigenvalue weighted by Crippen LogP contribution is -2.45. The number of aliphatic carboxylic acids is 1. The fourth-order valence-electron chi connectivity index (χ4n) is 6.17. The molecule has 6 nitrogen and oxygen atoms in total. The van der Waals surface area contributed by atoms with E-state index in [2.05, 4.69) is 38.2 Å². The minimum absolute atomic E-state index is 0.0259. The first-order valence-electron chi connectivity index (χ1n) is 14.4. The lowest BCUT2D eigenvalue weighted by molar-refractivity contribution is -0.140. The summed E-state index contributed by atoms with van der Waals surface area (Å²) in [5.74, 6) is 0.628. The zero-order valence-electron chi connectivity index (χ0n) is 23.3. The van der Waals surface area contributed by atoms with Crippen LogP contribution in [0.25, 0.3) is 10.8 Å². The van der Waals surface area contributed by atoms with Crippen molar-refractivity contribution in [2.75, 3.05) is 0 Å². The average Bonchev–Trinajstić information content (AvgIpc) is 3.62. The largest absolute Gasteiger partial charge is 0.480 e. The summed E-state index contributed by atoms with van der Waals surface area (Å²) in [5, 5.41) is 14.5. The van der Waals surface area contributed by atoms with Crippen molar-refractivity contribution in [2.24, 2.45) is 11.8 Å². The minimum Gasteiger partial charge on any atom is -0.480 e. The maximum Gasteiger partial charge on any atom is 0.326 e. The summed E-state index contributed by atoms with van der Waals surface area (Å²) < 4.78 is 6.22. The van der Waals surface area contributed by atoms with E-state index in [0.717, 1.165) is 60.1 Å². The number of benzene rings is 2. The second-order valence-corrected chi connectivity index (χ2v) is 12.4. The van der Waals surface area contributed by atoms with Crippen molar-refractivity contribution < 1.29 is 19.4 Å². The van der Waals surface area contributed by atoms with Crippen LogP contribution in [0.5, 0.6) is 11.5 Å². The molecule has 5 rings (SSSR count). The molecule has 6 heteroatoms. The van der Waals surface area contributed by atoms with Crippen LogP contribution in [-0.2, 0) is 16.6 Å². The number of carboxylic acid groups (broad SMARTS) is 1. The van der Waals surface area contributed by atoms with Crippen LogP contribution < -0.4 is 10.1 Å². The van der Waals surface area contributed by atoms with Gasteiger partial charge in [-0.2, -0.15) is 0 Å². The molecule has 0 radical (unpaired) electrons. The molecule has 0 saturated heterocycles. The van der Waals surface area contributed by atoms with Gasteiger partial charge >= 0.3 is 5.97 Å². The number of nitrogens with one attached hydrogen (secondary N) is 1. The predicted octanol–water partition coefficient (Wildman–Crippen LogP) is 7.43. The van der Waals surface area contributed by atoms with Gasteiger partial charge in [-0.1, -0.05) is 77.5 Å². The van der Waals surface area contributed by atoms with E-state index in [9.17, 15) is 14.7 Å². The van der Waals surface area contributed by atoms with Crippen molar-refractivity contribution >= 4 is 22.6 Å². The number of aromatic nitrogens is 1. The lowest BCUT2D eigenvalue weighted by atomic mass is 9.87. The first kappa shape index (κ1) is 27.2. The summed E-state index contributed by atoms with van der Waals surface area (Å²) in [5.41, 5.74) is 2.49. The Hall–Kier alpha value is -3.41. The van der Waals surface area contributed by atoms with Gasteiger partial charge in [0.05, 0.1) is 0 Å². The number of amides is 1. The number of rotatable bonds is 8. The van der Waals surface area contributed by atoms with Crippen LogP contribution in [0.4, 0.5) is 0 Å². The van der Waals surface area contributed by atoms with E-state index in [4.69, 9.17) is 9.72 Å². The zero-order valence-corrected chi connectivity index (χ0v) is 23.3. The molecule has 2 fully saturated rings. The Bertz CT molecular complexity index is 1330. The first-order valence-corrected chi connectivity index (χ1v) is 14.4. The van der Waals surface area contributed by atoms with Crippen LogP contribution in [0.15, 0.2) is 48.5 Å². The minimum atomic E-state index is -0.973. The van der Waals surface area contributed by atoms with Crippen molar-refractivity contribution in [1.29, 1.82) is 0 Å². The van der Waals surface area contributed by atoms with Gasteiger partial charge in [-0.15, -0.1) is 0 Å². The molecular formula is C33H40N2O4. The Morgan fingerprint density at radius 2 is 1.59 bits per heavy atom. The van der Waals surface area contributed by atoms with E-state index >= 15 is 0 Å². The first-order chi connectivity index (χ1) is 18.7. The smallest absolute Gasteiger partial charge is 0.326 e. The summed E-state index contributed by atoms with van der Waals surface area (Å²) in [6, 6.07) is 15.0. The molecule has 39 heavy (non-hydrogen) atoms. The van der Waals surface area contributed by atoms with Gasteiger partial charge in [-0.05, 0) is 77.8 Å². The molecular weight excluding hydrogens is 488 g/mol. The standard InChI is InChI=1S/C33H40N2O4/c1-33(2,3)24-13-16-25(17-14-24)39-26-15-12-23-19-29(31(36)35-30(32(37)38)22-10-6-7-11-22)34-28(27(23)20-26)18-21-8-4-5-9-21/h12-17,19-22,30H,4-11,18H2,1-3H3,(H,35,36)(H,37,38)/t30-/m1/s1. The van der Waals surface area contributed by atoms with E-state index in [0.29, 0.717) is 5.92 Å². The molecule has 0 aliphatic heterocycles. The molecule has 2 aliphatic carbocycles. The molecule has 3 aromatic rings. The fourth-order valence-corrected chi connectivity index (χ4v) is 6.17. The van der Waals surface area contributed by atoms with Crippen molar-refractivity contribution in [2.45, 2.75) is 90.0 Å². The van der Waals surface area contributed by atoms with Crippen molar-refractivity contribution in [3.05, 3.63) is 65.5 Å². The van der Waals surface area contributed by atoms with Crippen molar-refractivity contribution in [3.63, 3.8) is 0 Å². The van der Waals surface area contributed by atoms with Gasteiger partial charge in [0.2, 0.25) is 0 Å². The summed E-state index contributed by atoms with van der Waals surface area (Å²) in [7, 11) is 0. The topological polar surface area (TPSA) is 88.5 Å². The molecule has 1 aromatic heterocycles. The average molecular weight is 529 g/mol. The molecule has 0 spiro atoms. The summed E-state index contributed by atoms with van der Waals surface area (Å²) in [4.78, 5) is 30.1. The Kier molecular flexibility index (Phi) is 7.92. The van der Waals surface area contributed by atoms with Crippen LogP contribution in [-0.4, -0.2) is 28.0 Å². The third kappa shape index (κ3) is 6.43. The molecule has 2 N–H and O–H groups in total. The third-order valence-electron chi connectivity index (χ3n) is 8.45. The number of carboxylic acids is 1. The van der Waals surface area contributed by atoms with E-state index in [-0.39, 0.29) is 17.0 Å². The normalized spacial score (nSPS) is 17.4. The lowest BCUT2D eigenvalue weighted by Gasteiger charge is -2.21. The van der Waals surface area contributed by atoms with Gasteiger partial charge in [-0.25, -0.2) is 9.78 Å². The molecule has 2 aromatic carbocycles. The fraction of sp³-hybridized carbons (Fsp3) is 0.485. The van der Waals surface area contributed by atoms with Crippen LogP contribution in [0.3, 0.4) is 0 Å². The number of ether oxygens (including phenoxy) is 1. The quantitative estimate of drug-likeness (QED) is 0.317. The SMILES string of the molecule is CC(C)(C)c1ccc(Oc2ccc3cc(C(=O)N[C@@H](C(=O)O)C4CCCC4)nc(CC4CCCC4)c3c2)cc1. The number of pyridine rings is 1. The van der Waals surface area contributed by atoms with E-state index in [1.54, 1.807) is 6.07 Å². The second kappa shape index (κ2) is 11.4. The number of carbonyl (C=O) groups is 2. The van der Waals surface area contributed by atoms with Gasteiger partial charge in [0.25, 0.3) is 5.91 Å². The van der Waals surface area contributed by atoms with E-state index < -0.39 is 17.9 Å². The third-order valence-corrected chi connectivity index (χ3v) is 8.45. The number of hydrogen-bond donors (Lipinski definition) is 2. The molecule has 0 bridgehead atoms. The van der Waals surface area contributed by atoms with Gasteiger partial charge < -0.3 is 15.2 Å². The highest BCUT2D eigenvalue weighted by Crippen LogP contribution is 2.34. The van der Waals surface area contributed by atoms with Crippen molar-refractivity contribution in [1.82, 2.24) is 10.3 Å². The van der Waals surface area contributed by atoms with Crippen LogP contribution >= 0.6 is 0 Å². The van der Waals surface area contributed by atoms with Gasteiger partial charge in [0.15, 0.2) is 0 Å². The Morgan fingerprint density at radius 3 is 2.23 bits per heavy atom. The molecule has 1 amide bonds. The highest BCUT2D eigenvalue weighted by molar-refractivity contribution is 5.99. The predicted molar refractivity (Wildman–Crippen MR) is 153 cm³/mol. The molecule has 2 aliphatic rings. The molecule has 0 unspecified atom stereocenters. The summed E-state index contributed by atoms with van der Waals surface area (Å²) >= 11 is 0. The van der Waals surface area contributed by atoms with Crippen molar-refractivity contribution in [3.8, 4) is 11.5 Å². The zero-order chi connectivity index (χ0) is 27.6.